The van der Waals surface area contributed by atoms with Crippen molar-refractivity contribution in [2.24, 2.45) is 0 Å². The Morgan fingerprint density at radius 2 is 1.22 bits per heavy atom. The van der Waals surface area contributed by atoms with E-state index in [-0.39, 0.29) is 0 Å². The zero-order valence-corrected chi connectivity index (χ0v) is 14.0. The summed E-state index contributed by atoms with van der Waals surface area (Å²) >= 11 is 1.24. The molecule has 0 heterocycles. The first-order valence-corrected chi connectivity index (χ1v) is 10.0. The van der Waals surface area contributed by atoms with Crippen molar-refractivity contribution < 1.29 is 0 Å². The predicted molar refractivity (Wildman–Crippen MR) is 82.3 cm³/mol. The van der Waals surface area contributed by atoms with Gasteiger partial charge < -0.3 is 0 Å². The third-order valence-corrected chi connectivity index (χ3v) is 9.02. The van der Waals surface area contributed by atoms with Gasteiger partial charge in [0.15, 0.2) is 0 Å². The van der Waals surface area contributed by atoms with E-state index in [2.05, 4.69) is 67.6 Å². The van der Waals surface area contributed by atoms with Crippen LogP contribution in [0.4, 0.5) is 0 Å². The van der Waals surface area contributed by atoms with Crippen molar-refractivity contribution in [2.75, 3.05) is 0 Å². The minimum atomic E-state index is 0.618. The Morgan fingerprint density at radius 1 is 0.778 bits per heavy atom. The Morgan fingerprint density at radius 3 is 1.61 bits per heavy atom. The molecule has 0 radical (unpaired) electrons. The minimum absolute atomic E-state index is 0.618. The quantitative estimate of drug-likeness (QED) is 0.688. The van der Waals surface area contributed by atoms with Gasteiger partial charge in [-0.1, -0.05) is 0 Å². The number of rotatable bonds is 6. The van der Waals surface area contributed by atoms with Crippen LogP contribution in [0, 0.1) is 0 Å². The van der Waals surface area contributed by atoms with E-state index in [4.69, 9.17) is 0 Å². The van der Waals surface area contributed by atoms with Gasteiger partial charge >= 0.3 is 123 Å². The molecule has 0 aliphatic carbocycles. The molecule has 94 valence electrons. The number of benzene rings is 2. The molecule has 18 heavy (non-hydrogen) atoms. The number of hydrogen-bond donors (Lipinski definition) is 0. The predicted octanol–water partition coefficient (Wildman–Crippen LogP) is 2.59. The maximum atomic E-state index is 2.30. The molecule has 0 N–H and O–H groups in total. The third kappa shape index (κ3) is 4.63. The normalized spacial score (nSPS) is 10.8. The molecule has 0 fully saturated rings. The third-order valence-electron chi connectivity index (χ3n) is 2.55. The van der Waals surface area contributed by atoms with Gasteiger partial charge in [-0.3, -0.25) is 0 Å². The summed E-state index contributed by atoms with van der Waals surface area (Å²) in [5, 5.41) is 0. The van der Waals surface area contributed by atoms with Gasteiger partial charge in [0.25, 0.3) is 0 Å². The van der Waals surface area contributed by atoms with E-state index in [0.29, 0.717) is 29.9 Å². The van der Waals surface area contributed by atoms with Crippen LogP contribution in [0.15, 0.2) is 60.7 Å². The Kier molecular flexibility index (Phi) is 6.03. The van der Waals surface area contributed by atoms with E-state index in [0.717, 1.165) is 3.71 Å². The second-order valence-corrected chi connectivity index (χ2v) is 10.9. The average Bonchev–Trinajstić information content (AvgIpc) is 2.41. The van der Waals surface area contributed by atoms with Gasteiger partial charge in [0.1, 0.15) is 0 Å². The zero-order chi connectivity index (χ0) is 12.6. The van der Waals surface area contributed by atoms with Gasteiger partial charge in [0, 0.05) is 0 Å². The van der Waals surface area contributed by atoms with E-state index in [1.807, 2.05) is 0 Å². The van der Waals surface area contributed by atoms with Gasteiger partial charge in [-0.05, 0) is 0 Å². The molecule has 0 amide bonds. The molecule has 2 aromatic carbocycles. The van der Waals surface area contributed by atoms with Crippen molar-refractivity contribution in [1.29, 1.82) is 0 Å². The van der Waals surface area contributed by atoms with Gasteiger partial charge in [0.05, 0.1) is 0 Å². The van der Waals surface area contributed by atoms with Gasteiger partial charge in [-0.25, -0.2) is 0 Å². The number of hydrogen-bond acceptors (Lipinski definition) is 0. The summed E-state index contributed by atoms with van der Waals surface area (Å²) in [6.45, 7) is 2.30. The Labute approximate surface area is 123 Å². The van der Waals surface area contributed by atoms with Gasteiger partial charge in [0.2, 0.25) is 0 Å². The average molecular weight is 368 g/mol. The first-order valence-electron chi connectivity index (χ1n) is 6.32. The van der Waals surface area contributed by atoms with Crippen molar-refractivity contribution in [2.45, 2.75) is 23.5 Å². The summed E-state index contributed by atoms with van der Waals surface area (Å²) in [5.41, 5.74) is 0. The molecule has 0 unspecified atom stereocenters. The molecule has 0 saturated heterocycles. The van der Waals surface area contributed by atoms with Crippen LogP contribution >= 0.6 is 0 Å². The van der Waals surface area contributed by atoms with Crippen LogP contribution in [0.25, 0.3) is 0 Å². The zero-order valence-electron chi connectivity index (χ0n) is 10.6. The topological polar surface area (TPSA) is 0 Å². The molecular weight excluding hydrogens is 350 g/mol. The summed E-state index contributed by atoms with van der Waals surface area (Å²) in [7, 11) is 0. The molecule has 0 atom stereocenters. The summed E-state index contributed by atoms with van der Waals surface area (Å²) in [5.74, 6) is 0. The van der Waals surface area contributed by atoms with Gasteiger partial charge in [-0.15, -0.1) is 0 Å². The van der Waals surface area contributed by atoms with E-state index in [1.165, 1.54) is 12.8 Å². The molecule has 2 rings (SSSR count). The van der Waals surface area contributed by atoms with Crippen LogP contribution < -0.4 is 8.92 Å². The molecule has 0 aromatic heterocycles. The molecule has 0 spiro atoms. The Balaban J connectivity index is 2.00. The summed E-state index contributed by atoms with van der Waals surface area (Å²) < 4.78 is 3.97. The SMILES string of the molecule is CCCC([Se]c1ccccc1)[Se]c1ccccc1. The van der Waals surface area contributed by atoms with E-state index >= 15 is 0 Å². The molecule has 0 nitrogen and oxygen atoms in total. The van der Waals surface area contributed by atoms with Crippen LogP contribution in [0.1, 0.15) is 19.8 Å². The van der Waals surface area contributed by atoms with E-state index < -0.39 is 0 Å². The van der Waals surface area contributed by atoms with Gasteiger partial charge in [-0.2, -0.15) is 0 Å². The summed E-state index contributed by atoms with van der Waals surface area (Å²) in [6.07, 6.45) is 2.66. The summed E-state index contributed by atoms with van der Waals surface area (Å²) in [4.78, 5) is 0. The van der Waals surface area contributed by atoms with Crippen molar-refractivity contribution in [3.8, 4) is 0 Å². The van der Waals surface area contributed by atoms with Crippen molar-refractivity contribution in [3.63, 3.8) is 0 Å². The monoisotopic (exact) mass is 370 g/mol. The second kappa shape index (κ2) is 7.81. The van der Waals surface area contributed by atoms with Crippen molar-refractivity contribution in [3.05, 3.63) is 60.7 Å². The van der Waals surface area contributed by atoms with Crippen molar-refractivity contribution >= 4 is 38.8 Å². The second-order valence-electron chi connectivity index (χ2n) is 4.08. The Hall–Kier alpha value is -0.521. The van der Waals surface area contributed by atoms with Crippen LogP contribution in [0.3, 0.4) is 0 Å². The Bertz CT molecular complexity index is 398. The maximum absolute atomic E-state index is 2.30. The molecule has 2 aromatic rings. The molecular formula is C16H18Se2. The van der Waals surface area contributed by atoms with E-state index in [9.17, 15) is 0 Å². The molecule has 0 bridgehead atoms. The van der Waals surface area contributed by atoms with Crippen LogP contribution in [0.5, 0.6) is 0 Å². The molecule has 2 heteroatoms. The summed E-state index contributed by atoms with van der Waals surface area (Å²) in [6, 6.07) is 22.0. The first kappa shape index (κ1) is 13.9. The van der Waals surface area contributed by atoms with E-state index in [1.54, 1.807) is 8.92 Å². The molecule has 0 aliphatic heterocycles. The van der Waals surface area contributed by atoms with Crippen LogP contribution in [0.2, 0.25) is 3.71 Å². The van der Waals surface area contributed by atoms with Crippen LogP contribution in [-0.4, -0.2) is 29.9 Å². The fourth-order valence-corrected chi connectivity index (χ4v) is 8.80. The van der Waals surface area contributed by atoms with Crippen molar-refractivity contribution in [1.82, 2.24) is 0 Å². The first-order chi connectivity index (χ1) is 8.88. The molecule has 0 aliphatic rings. The van der Waals surface area contributed by atoms with Crippen LogP contribution in [-0.2, 0) is 0 Å². The molecule has 0 saturated carbocycles. The standard InChI is InChI=1S/C16H18Se2/c1-2-9-16(17-14-10-5-3-6-11-14)18-15-12-7-4-8-13-15/h3-8,10-13,16H,2,9H2,1H3. The fraction of sp³-hybridized carbons (Fsp3) is 0.250. The fourth-order valence-electron chi connectivity index (χ4n) is 1.68.